The van der Waals surface area contributed by atoms with E-state index in [9.17, 15) is 4.79 Å². The Balaban J connectivity index is 1.53. The molecule has 0 aromatic carbocycles. The van der Waals surface area contributed by atoms with Gasteiger partial charge in [0.2, 0.25) is 0 Å². The molecule has 0 spiro atoms. The molecule has 0 radical (unpaired) electrons. The van der Waals surface area contributed by atoms with E-state index in [1.165, 1.54) is 32.1 Å². The van der Waals surface area contributed by atoms with Crippen LogP contribution in [0.1, 0.15) is 63.0 Å². The van der Waals surface area contributed by atoms with Gasteiger partial charge in [0.15, 0.2) is 0 Å². The van der Waals surface area contributed by atoms with Crippen LogP contribution in [0.5, 0.6) is 0 Å². The van der Waals surface area contributed by atoms with Crippen LogP contribution in [-0.4, -0.2) is 25.3 Å². The SMILES string of the molecule is Cc1ccc(C(C)NC(=O)NCCCOC2CCCCC2)o1. The van der Waals surface area contributed by atoms with Crippen molar-refractivity contribution in [1.82, 2.24) is 10.6 Å². The molecule has 0 aliphatic heterocycles. The topological polar surface area (TPSA) is 63.5 Å². The average Bonchev–Trinajstić information content (AvgIpc) is 2.94. The number of nitrogens with one attached hydrogen (secondary N) is 2. The minimum absolute atomic E-state index is 0.132. The van der Waals surface area contributed by atoms with E-state index >= 15 is 0 Å². The number of amides is 2. The zero-order chi connectivity index (χ0) is 15.8. The predicted octanol–water partition coefficient (Wildman–Crippen LogP) is 3.69. The number of aryl methyl sites for hydroxylation is 1. The van der Waals surface area contributed by atoms with Crippen LogP contribution in [0.3, 0.4) is 0 Å². The molecule has 1 saturated carbocycles. The molecule has 1 aromatic rings. The van der Waals surface area contributed by atoms with E-state index in [4.69, 9.17) is 9.15 Å². The molecule has 22 heavy (non-hydrogen) atoms. The third kappa shape index (κ3) is 5.72. The molecule has 1 fully saturated rings. The van der Waals surface area contributed by atoms with Crippen molar-refractivity contribution in [2.45, 2.75) is 64.5 Å². The van der Waals surface area contributed by atoms with E-state index in [-0.39, 0.29) is 12.1 Å². The molecule has 1 atom stereocenters. The highest BCUT2D eigenvalue weighted by Crippen LogP contribution is 2.20. The van der Waals surface area contributed by atoms with Crippen molar-refractivity contribution in [2.75, 3.05) is 13.2 Å². The zero-order valence-electron chi connectivity index (χ0n) is 13.7. The van der Waals surface area contributed by atoms with Gasteiger partial charge in [0.25, 0.3) is 0 Å². The molecule has 2 N–H and O–H groups in total. The maximum atomic E-state index is 11.8. The first-order valence-corrected chi connectivity index (χ1v) is 8.37. The summed E-state index contributed by atoms with van der Waals surface area (Å²) in [4.78, 5) is 11.8. The van der Waals surface area contributed by atoms with Crippen molar-refractivity contribution in [2.24, 2.45) is 0 Å². The van der Waals surface area contributed by atoms with E-state index in [1.807, 2.05) is 26.0 Å². The molecule has 0 saturated heterocycles. The van der Waals surface area contributed by atoms with E-state index < -0.39 is 0 Å². The number of hydrogen-bond donors (Lipinski definition) is 2. The maximum Gasteiger partial charge on any atom is 0.315 e. The predicted molar refractivity (Wildman–Crippen MR) is 85.8 cm³/mol. The molecule has 5 heteroatoms. The van der Waals surface area contributed by atoms with E-state index in [0.717, 1.165) is 24.5 Å². The summed E-state index contributed by atoms with van der Waals surface area (Å²) in [6.45, 7) is 5.15. The van der Waals surface area contributed by atoms with E-state index in [1.54, 1.807) is 0 Å². The fraction of sp³-hybridized carbons (Fsp3) is 0.706. The summed E-state index contributed by atoms with van der Waals surface area (Å²) in [7, 11) is 0. The molecule has 1 aliphatic rings. The number of carbonyl (C=O) groups excluding carboxylic acids is 1. The van der Waals surface area contributed by atoms with Crippen LogP contribution in [0.4, 0.5) is 4.79 Å². The molecule has 5 nitrogen and oxygen atoms in total. The Bertz CT molecular complexity index is 453. The Morgan fingerprint density at radius 3 is 2.82 bits per heavy atom. The van der Waals surface area contributed by atoms with Crippen LogP contribution >= 0.6 is 0 Å². The fourth-order valence-electron chi connectivity index (χ4n) is 2.76. The Morgan fingerprint density at radius 1 is 1.36 bits per heavy atom. The Hall–Kier alpha value is -1.49. The third-order valence-electron chi connectivity index (χ3n) is 4.05. The first-order valence-electron chi connectivity index (χ1n) is 8.37. The third-order valence-corrected chi connectivity index (χ3v) is 4.05. The lowest BCUT2D eigenvalue weighted by atomic mass is 9.98. The zero-order valence-corrected chi connectivity index (χ0v) is 13.7. The summed E-state index contributed by atoms with van der Waals surface area (Å²) >= 11 is 0. The molecule has 1 heterocycles. The summed E-state index contributed by atoms with van der Waals surface area (Å²) in [6, 6.07) is 3.48. The van der Waals surface area contributed by atoms with Crippen LogP contribution in [0.2, 0.25) is 0 Å². The minimum Gasteiger partial charge on any atom is -0.464 e. The van der Waals surface area contributed by atoms with Crippen molar-refractivity contribution in [3.8, 4) is 0 Å². The van der Waals surface area contributed by atoms with Crippen molar-refractivity contribution in [3.63, 3.8) is 0 Å². The van der Waals surface area contributed by atoms with E-state index in [0.29, 0.717) is 12.6 Å². The molecule has 2 amide bonds. The number of furan rings is 1. The lowest BCUT2D eigenvalue weighted by Crippen LogP contribution is -2.37. The second kappa shape index (κ2) is 8.83. The maximum absolute atomic E-state index is 11.8. The van der Waals surface area contributed by atoms with Gasteiger partial charge in [0.05, 0.1) is 12.1 Å². The lowest BCUT2D eigenvalue weighted by Gasteiger charge is -2.22. The van der Waals surface area contributed by atoms with Crippen molar-refractivity contribution in [1.29, 1.82) is 0 Å². The highest BCUT2D eigenvalue weighted by molar-refractivity contribution is 5.74. The van der Waals surface area contributed by atoms with Crippen LogP contribution < -0.4 is 10.6 Å². The number of rotatable bonds is 7. The molecule has 1 aromatic heterocycles. The average molecular weight is 308 g/mol. The monoisotopic (exact) mass is 308 g/mol. The first-order chi connectivity index (χ1) is 10.6. The Kier molecular flexibility index (Phi) is 6.77. The number of urea groups is 1. The molecule has 1 unspecified atom stereocenters. The summed E-state index contributed by atoms with van der Waals surface area (Å²) in [5.41, 5.74) is 0. The van der Waals surface area contributed by atoms with Gasteiger partial charge in [-0.3, -0.25) is 0 Å². The van der Waals surface area contributed by atoms with Gasteiger partial charge in [-0.15, -0.1) is 0 Å². The van der Waals surface area contributed by atoms with Crippen molar-refractivity contribution >= 4 is 6.03 Å². The highest BCUT2D eigenvalue weighted by Gasteiger charge is 2.14. The summed E-state index contributed by atoms with van der Waals surface area (Å²) in [5, 5.41) is 5.72. The number of hydrogen-bond acceptors (Lipinski definition) is 3. The summed E-state index contributed by atoms with van der Waals surface area (Å²) < 4.78 is 11.3. The number of carbonyl (C=O) groups is 1. The normalized spacial score (nSPS) is 17.2. The molecular weight excluding hydrogens is 280 g/mol. The van der Waals surface area contributed by atoms with Crippen molar-refractivity contribution in [3.05, 3.63) is 23.7 Å². The number of ether oxygens (including phenoxy) is 1. The second-order valence-corrected chi connectivity index (χ2v) is 6.05. The van der Waals surface area contributed by atoms with Gasteiger partial charge >= 0.3 is 6.03 Å². The lowest BCUT2D eigenvalue weighted by molar-refractivity contribution is 0.0275. The molecule has 0 bridgehead atoms. The summed E-state index contributed by atoms with van der Waals surface area (Å²) in [5.74, 6) is 1.62. The molecular formula is C17H28N2O3. The van der Waals surface area contributed by atoms with Crippen LogP contribution in [-0.2, 0) is 4.74 Å². The molecule has 1 aliphatic carbocycles. The van der Waals surface area contributed by atoms with Gasteiger partial charge in [-0.1, -0.05) is 19.3 Å². The fourth-order valence-corrected chi connectivity index (χ4v) is 2.76. The van der Waals surface area contributed by atoms with Crippen LogP contribution in [0, 0.1) is 6.92 Å². The second-order valence-electron chi connectivity index (χ2n) is 6.05. The smallest absolute Gasteiger partial charge is 0.315 e. The largest absolute Gasteiger partial charge is 0.464 e. The van der Waals surface area contributed by atoms with Gasteiger partial charge < -0.3 is 19.8 Å². The van der Waals surface area contributed by atoms with Gasteiger partial charge in [-0.05, 0) is 45.2 Å². The quantitative estimate of drug-likeness (QED) is 0.755. The molecule has 2 rings (SSSR count). The van der Waals surface area contributed by atoms with Gasteiger partial charge in [0, 0.05) is 13.2 Å². The van der Waals surface area contributed by atoms with Gasteiger partial charge in [0.1, 0.15) is 11.5 Å². The Labute approximate surface area is 132 Å². The standard InChI is InChI=1S/C17H28N2O3/c1-13-9-10-16(22-13)14(2)19-17(20)18-11-6-12-21-15-7-4-3-5-8-15/h9-10,14-15H,3-8,11-12H2,1-2H3,(H2,18,19,20). The highest BCUT2D eigenvalue weighted by atomic mass is 16.5. The van der Waals surface area contributed by atoms with Gasteiger partial charge in [-0.25, -0.2) is 4.79 Å². The van der Waals surface area contributed by atoms with Crippen LogP contribution in [0.15, 0.2) is 16.5 Å². The minimum atomic E-state index is -0.167. The van der Waals surface area contributed by atoms with E-state index in [2.05, 4.69) is 10.6 Å². The first kappa shape index (κ1) is 16.9. The molecule has 124 valence electrons. The Morgan fingerprint density at radius 2 is 2.14 bits per heavy atom. The van der Waals surface area contributed by atoms with Gasteiger partial charge in [-0.2, -0.15) is 0 Å². The van der Waals surface area contributed by atoms with Crippen LogP contribution in [0.25, 0.3) is 0 Å². The summed E-state index contributed by atoms with van der Waals surface area (Å²) in [6.07, 6.45) is 7.57. The van der Waals surface area contributed by atoms with Crippen molar-refractivity contribution < 1.29 is 13.9 Å².